The van der Waals surface area contributed by atoms with Crippen molar-refractivity contribution in [3.8, 4) is 5.75 Å². The first kappa shape index (κ1) is 31.8. The second-order valence-electron chi connectivity index (χ2n) is 11.1. The summed E-state index contributed by atoms with van der Waals surface area (Å²) in [5.74, 6) is 0.986. The fourth-order valence-corrected chi connectivity index (χ4v) is 6.24. The Bertz CT molecular complexity index is 1480. The number of nitrogens with one attached hydrogen (secondary N) is 2. The van der Waals surface area contributed by atoms with Crippen molar-refractivity contribution < 1.29 is 23.4 Å². The molecule has 12 nitrogen and oxygen atoms in total. The van der Waals surface area contributed by atoms with E-state index in [0.717, 1.165) is 68.4 Å². The number of rotatable bonds is 11. The monoisotopic (exact) mass is 642 g/mol. The Morgan fingerprint density at radius 2 is 1.84 bits per heavy atom. The summed E-state index contributed by atoms with van der Waals surface area (Å²) in [6, 6.07) is 12.9. The van der Waals surface area contributed by atoms with Gasteiger partial charge in [0.2, 0.25) is 5.95 Å². The van der Waals surface area contributed by atoms with Crippen LogP contribution in [0.15, 0.2) is 48.7 Å². The normalized spacial score (nSPS) is 17.2. The number of hydrogen-bond donors (Lipinski definition) is 3. The molecule has 0 amide bonds. The molecule has 5 rings (SSSR count). The number of carbonyl (C=O) groups is 1. The molecular weight excluding hydrogens is 606 g/mol. The van der Waals surface area contributed by atoms with Crippen LogP contribution in [0.1, 0.15) is 25.7 Å². The van der Waals surface area contributed by atoms with Gasteiger partial charge in [-0.3, -0.25) is 9.00 Å². The third kappa shape index (κ3) is 7.70. The van der Waals surface area contributed by atoms with Crippen molar-refractivity contribution >= 4 is 63.4 Å². The summed E-state index contributed by atoms with van der Waals surface area (Å²) in [6.45, 7) is 4.65. The summed E-state index contributed by atoms with van der Waals surface area (Å²) >= 11 is 3.94. The van der Waals surface area contributed by atoms with Crippen LogP contribution in [0.5, 0.6) is 5.75 Å². The number of anilines is 6. The summed E-state index contributed by atoms with van der Waals surface area (Å²) in [5, 5.41) is 15.8. The van der Waals surface area contributed by atoms with Gasteiger partial charge in [-0.15, -0.1) is 0 Å². The molecule has 2 aromatic carbocycles. The molecule has 1 aromatic heterocycles. The predicted octanol–water partition coefficient (Wildman–Crippen LogP) is 4.87. The summed E-state index contributed by atoms with van der Waals surface area (Å²) in [6.07, 6.45) is 5.12. The van der Waals surface area contributed by atoms with Crippen LogP contribution >= 0.6 is 11.6 Å². The smallest absolute Gasteiger partial charge is 0.306 e. The van der Waals surface area contributed by atoms with Gasteiger partial charge < -0.3 is 39.1 Å². The van der Waals surface area contributed by atoms with Gasteiger partial charge in [0.25, 0.3) is 0 Å². The zero-order valence-electron chi connectivity index (χ0n) is 24.7. The summed E-state index contributed by atoms with van der Waals surface area (Å²) in [4.78, 5) is 24.9. The van der Waals surface area contributed by atoms with Gasteiger partial charge in [-0.2, -0.15) is 4.98 Å². The second-order valence-corrected chi connectivity index (χ2v) is 12.5. The molecule has 44 heavy (non-hydrogen) atoms. The third-order valence-corrected chi connectivity index (χ3v) is 9.25. The van der Waals surface area contributed by atoms with Crippen molar-refractivity contribution in [3.05, 3.63) is 53.7 Å². The molecule has 3 aromatic rings. The highest BCUT2D eigenvalue weighted by Crippen LogP contribution is 2.35. The lowest BCUT2D eigenvalue weighted by atomic mass is 9.92. The molecule has 0 bridgehead atoms. The number of halogens is 1. The van der Waals surface area contributed by atoms with E-state index in [9.17, 15) is 18.7 Å². The van der Waals surface area contributed by atoms with Gasteiger partial charge in [0.1, 0.15) is 10.8 Å². The molecule has 2 aliphatic heterocycles. The van der Waals surface area contributed by atoms with E-state index in [1.165, 1.54) is 13.2 Å². The SMILES string of the molecule is COc1cc(N2CCC(CN3CCC(C(=O)O)CC3)CC2)ccc1Nc1ncc(Cl)c(Nc2ccccc2N(C)S(=O)[O-])n1. The quantitative estimate of drug-likeness (QED) is 0.246. The predicted molar refractivity (Wildman–Crippen MR) is 172 cm³/mol. The summed E-state index contributed by atoms with van der Waals surface area (Å²) < 4.78 is 29.9. The molecule has 1 atom stereocenters. The Morgan fingerprint density at radius 3 is 2.52 bits per heavy atom. The minimum atomic E-state index is -2.45. The lowest BCUT2D eigenvalue weighted by Gasteiger charge is -2.38. The average Bonchev–Trinajstić information content (AvgIpc) is 3.03. The van der Waals surface area contributed by atoms with E-state index in [1.54, 1.807) is 31.4 Å². The maximum Gasteiger partial charge on any atom is 0.306 e. The number of carboxylic acid groups (broad SMARTS) is 1. The molecule has 2 fully saturated rings. The van der Waals surface area contributed by atoms with E-state index in [1.807, 2.05) is 18.2 Å². The number of carboxylic acids is 1. The van der Waals surface area contributed by atoms with Crippen molar-refractivity contribution in [2.24, 2.45) is 11.8 Å². The number of piperidine rings is 2. The molecular formula is C30H37ClN7O5S-. The molecule has 14 heteroatoms. The van der Waals surface area contributed by atoms with Gasteiger partial charge >= 0.3 is 5.97 Å². The molecule has 0 spiro atoms. The first-order valence-electron chi connectivity index (χ1n) is 14.6. The van der Waals surface area contributed by atoms with Crippen LogP contribution in [0.25, 0.3) is 0 Å². The Labute approximate surface area is 264 Å². The summed E-state index contributed by atoms with van der Waals surface area (Å²) in [5.41, 5.74) is 2.71. The fraction of sp³-hybridized carbons (Fsp3) is 0.433. The second kappa shape index (κ2) is 14.4. The molecule has 0 aliphatic carbocycles. The van der Waals surface area contributed by atoms with Crippen LogP contribution in [0.4, 0.5) is 34.5 Å². The highest BCUT2D eigenvalue weighted by molar-refractivity contribution is 7.80. The standard InChI is InChI=1S/C30H38ClN7O5S/c1-36(44(41)42)26-6-4-3-5-24(26)33-28-23(31)18-32-30(35-28)34-25-8-7-22(17-27(25)43-2)38-15-9-20(10-16-38)19-37-13-11-21(12-14-37)29(39)40/h3-8,17-18,20-21H,9-16,19H2,1-2H3,(H,39,40)(H,41,42)(H2,32,33,34,35)/p-1. The van der Waals surface area contributed by atoms with Crippen molar-refractivity contribution in [2.45, 2.75) is 25.7 Å². The van der Waals surface area contributed by atoms with Crippen molar-refractivity contribution in [2.75, 3.05) is 66.7 Å². The van der Waals surface area contributed by atoms with Gasteiger partial charge in [-0.1, -0.05) is 23.7 Å². The number of hydrogen-bond acceptors (Lipinski definition) is 10. The third-order valence-electron chi connectivity index (χ3n) is 8.33. The van der Waals surface area contributed by atoms with Gasteiger partial charge in [0, 0.05) is 49.7 Å². The Hall–Kier alpha value is -3.65. The number of methoxy groups -OCH3 is 1. The number of nitrogens with zero attached hydrogens (tertiary/aromatic N) is 5. The van der Waals surface area contributed by atoms with Crippen molar-refractivity contribution in [1.82, 2.24) is 14.9 Å². The van der Waals surface area contributed by atoms with Gasteiger partial charge in [-0.25, -0.2) is 4.98 Å². The van der Waals surface area contributed by atoms with Gasteiger partial charge in [-0.05, 0) is 69.0 Å². The molecule has 0 saturated carbocycles. The van der Waals surface area contributed by atoms with E-state index in [-0.39, 0.29) is 16.9 Å². The van der Waals surface area contributed by atoms with Crippen LogP contribution < -0.4 is 24.6 Å². The number of aromatic nitrogens is 2. The Balaban J connectivity index is 1.21. The van der Waals surface area contributed by atoms with Crippen LogP contribution in [-0.2, 0) is 16.1 Å². The van der Waals surface area contributed by atoms with E-state index in [0.29, 0.717) is 34.5 Å². The highest BCUT2D eigenvalue weighted by atomic mass is 35.5. The Kier molecular flexibility index (Phi) is 10.4. The first-order valence-corrected chi connectivity index (χ1v) is 16.0. The molecule has 3 N–H and O–H groups in total. The lowest BCUT2D eigenvalue weighted by molar-refractivity contribution is -0.143. The topological polar surface area (TPSA) is 146 Å². The molecule has 2 saturated heterocycles. The Morgan fingerprint density at radius 1 is 1.11 bits per heavy atom. The zero-order valence-corrected chi connectivity index (χ0v) is 26.3. The molecule has 3 heterocycles. The van der Waals surface area contributed by atoms with Crippen LogP contribution in [0, 0.1) is 11.8 Å². The van der Waals surface area contributed by atoms with Gasteiger partial charge in [0.15, 0.2) is 5.82 Å². The highest BCUT2D eigenvalue weighted by Gasteiger charge is 2.27. The number of likely N-dealkylation sites (tertiary alicyclic amines) is 1. The number of aliphatic carboxylic acids is 1. The molecule has 1 unspecified atom stereocenters. The average molecular weight is 643 g/mol. The van der Waals surface area contributed by atoms with Crippen LogP contribution in [-0.4, -0.2) is 81.6 Å². The maximum atomic E-state index is 11.5. The fourth-order valence-electron chi connectivity index (χ4n) is 5.78. The molecule has 2 aliphatic rings. The first-order chi connectivity index (χ1) is 21.2. The number of para-hydroxylation sites is 2. The minimum Gasteiger partial charge on any atom is -0.755 e. The zero-order chi connectivity index (χ0) is 31.2. The lowest BCUT2D eigenvalue weighted by Crippen LogP contribution is -2.42. The summed E-state index contributed by atoms with van der Waals surface area (Å²) in [7, 11) is 3.07. The maximum absolute atomic E-state index is 11.5. The molecule has 236 valence electrons. The van der Waals surface area contributed by atoms with Crippen molar-refractivity contribution in [3.63, 3.8) is 0 Å². The number of ether oxygens (including phenoxy) is 1. The van der Waals surface area contributed by atoms with E-state index in [4.69, 9.17) is 16.3 Å². The largest absolute Gasteiger partial charge is 0.755 e. The van der Waals surface area contributed by atoms with Gasteiger partial charge in [0.05, 0.1) is 36.3 Å². The number of benzene rings is 2. The van der Waals surface area contributed by atoms with E-state index < -0.39 is 17.2 Å². The van der Waals surface area contributed by atoms with Crippen LogP contribution in [0.3, 0.4) is 0 Å². The van der Waals surface area contributed by atoms with E-state index >= 15 is 0 Å². The van der Waals surface area contributed by atoms with Crippen molar-refractivity contribution in [1.29, 1.82) is 0 Å². The van der Waals surface area contributed by atoms with Crippen LogP contribution in [0.2, 0.25) is 5.02 Å². The minimum absolute atomic E-state index is 0.195. The molecule has 0 radical (unpaired) electrons. The van der Waals surface area contributed by atoms with E-state index in [2.05, 4.69) is 30.4 Å².